The SMILES string of the molecule is Cc1nc(Br)sc1S(=O)(=O)c1ccc(C(C)(C)O)cc1. The molecule has 108 valence electrons. The second-order valence-electron chi connectivity index (χ2n) is 4.93. The largest absolute Gasteiger partial charge is 0.386 e. The highest BCUT2D eigenvalue weighted by Gasteiger charge is 2.24. The fourth-order valence-electron chi connectivity index (χ4n) is 1.75. The lowest BCUT2D eigenvalue weighted by molar-refractivity contribution is 0.0785. The smallest absolute Gasteiger partial charge is 0.217 e. The van der Waals surface area contributed by atoms with Gasteiger partial charge in [0.2, 0.25) is 9.84 Å². The van der Waals surface area contributed by atoms with Crippen molar-refractivity contribution in [3.63, 3.8) is 0 Å². The van der Waals surface area contributed by atoms with Crippen LogP contribution < -0.4 is 0 Å². The maximum absolute atomic E-state index is 12.5. The molecule has 2 aromatic rings. The second-order valence-corrected chi connectivity index (χ2v) is 9.35. The topological polar surface area (TPSA) is 67.3 Å². The summed E-state index contributed by atoms with van der Waals surface area (Å²) < 4.78 is 25.8. The predicted octanol–water partition coefficient (Wildman–Crippen LogP) is 3.27. The number of rotatable bonds is 3. The van der Waals surface area contributed by atoms with Crippen LogP contribution >= 0.6 is 27.3 Å². The van der Waals surface area contributed by atoms with Crippen molar-refractivity contribution in [3.8, 4) is 0 Å². The molecule has 0 aliphatic rings. The molecule has 0 saturated heterocycles. The Balaban J connectivity index is 2.48. The number of aliphatic hydroxyl groups is 1. The van der Waals surface area contributed by atoms with Gasteiger partial charge >= 0.3 is 0 Å². The van der Waals surface area contributed by atoms with E-state index in [1.165, 1.54) is 12.1 Å². The first kappa shape index (κ1) is 15.6. The number of hydrogen-bond acceptors (Lipinski definition) is 5. The van der Waals surface area contributed by atoms with Gasteiger partial charge in [0.05, 0.1) is 16.2 Å². The average molecular weight is 376 g/mol. The molecule has 0 saturated carbocycles. The van der Waals surface area contributed by atoms with Crippen LogP contribution in [0.4, 0.5) is 0 Å². The molecule has 0 amide bonds. The van der Waals surface area contributed by atoms with E-state index in [0.717, 1.165) is 11.3 Å². The number of nitrogens with zero attached hydrogens (tertiary/aromatic N) is 1. The Kier molecular flexibility index (Phi) is 4.07. The summed E-state index contributed by atoms with van der Waals surface area (Å²) in [5.74, 6) is 0. The molecule has 20 heavy (non-hydrogen) atoms. The summed E-state index contributed by atoms with van der Waals surface area (Å²) in [6.45, 7) is 4.97. The maximum atomic E-state index is 12.5. The zero-order valence-electron chi connectivity index (χ0n) is 11.2. The molecule has 1 heterocycles. The average Bonchev–Trinajstić information content (AvgIpc) is 2.68. The molecule has 0 fully saturated rings. The third-order valence-corrected chi connectivity index (χ3v) is 6.83. The van der Waals surface area contributed by atoms with Crippen molar-refractivity contribution in [2.24, 2.45) is 0 Å². The Hall–Kier alpha value is -0.760. The Morgan fingerprint density at radius 2 is 1.80 bits per heavy atom. The minimum Gasteiger partial charge on any atom is -0.386 e. The predicted molar refractivity (Wildman–Crippen MR) is 81.7 cm³/mol. The van der Waals surface area contributed by atoms with Crippen molar-refractivity contribution in [3.05, 3.63) is 39.4 Å². The van der Waals surface area contributed by atoms with Crippen molar-refractivity contribution in [2.75, 3.05) is 0 Å². The first-order valence-corrected chi connectivity index (χ1v) is 8.92. The van der Waals surface area contributed by atoms with Crippen molar-refractivity contribution in [2.45, 2.75) is 35.5 Å². The number of aryl methyl sites for hydroxylation is 1. The molecule has 0 spiro atoms. The fourth-order valence-corrected chi connectivity index (χ4v) is 5.46. The number of sulfone groups is 1. The molecular formula is C13H14BrNO3S2. The molecule has 1 aromatic carbocycles. The van der Waals surface area contributed by atoms with Gasteiger partial charge in [-0.2, -0.15) is 0 Å². The van der Waals surface area contributed by atoms with Gasteiger partial charge < -0.3 is 5.11 Å². The van der Waals surface area contributed by atoms with Crippen molar-refractivity contribution >= 4 is 37.1 Å². The Bertz CT molecular complexity index is 728. The number of thiazole rings is 1. The normalized spacial score (nSPS) is 12.7. The highest BCUT2D eigenvalue weighted by molar-refractivity contribution is 9.11. The van der Waals surface area contributed by atoms with Crippen LogP contribution in [0.2, 0.25) is 0 Å². The molecule has 0 aliphatic carbocycles. The van der Waals surface area contributed by atoms with Crippen LogP contribution in [0.15, 0.2) is 37.3 Å². The summed E-state index contributed by atoms with van der Waals surface area (Å²) in [6.07, 6.45) is 0. The fraction of sp³-hybridized carbons (Fsp3) is 0.308. The van der Waals surface area contributed by atoms with Crippen LogP contribution in [0.5, 0.6) is 0 Å². The van der Waals surface area contributed by atoms with E-state index in [4.69, 9.17) is 0 Å². The number of halogens is 1. The molecule has 7 heteroatoms. The first-order chi connectivity index (χ1) is 9.12. The van der Waals surface area contributed by atoms with E-state index < -0.39 is 15.4 Å². The van der Waals surface area contributed by atoms with Crippen LogP contribution in [0.1, 0.15) is 25.1 Å². The van der Waals surface area contributed by atoms with Gasteiger partial charge in [-0.1, -0.05) is 23.5 Å². The number of aromatic nitrogens is 1. The van der Waals surface area contributed by atoms with E-state index in [2.05, 4.69) is 20.9 Å². The summed E-state index contributed by atoms with van der Waals surface area (Å²) in [6, 6.07) is 6.27. The zero-order valence-corrected chi connectivity index (χ0v) is 14.4. The second kappa shape index (κ2) is 5.22. The molecule has 0 unspecified atom stereocenters. The summed E-state index contributed by atoms with van der Waals surface area (Å²) in [5.41, 5.74) is 0.151. The molecule has 2 rings (SSSR count). The first-order valence-electron chi connectivity index (χ1n) is 5.83. The summed E-state index contributed by atoms with van der Waals surface area (Å²) >= 11 is 4.29. The van der Waals surface area contributed by atoms with Gasteiger partial charge in [0.25, 0.3) is 0 Å². The van der Waals surface area contributed by atoms with E-state index in [1.807, 2.05) is 0 Å². The standard InChI is InChI=1S/C13H14BrNO3S2/c1-8-11(19-12(14)15-8)20(17,18)10-6-4-9(5-7-10)13(2,3)16/h4-7,16H,1-3H3. The monoisotopic (exact) mass is 375 g/mol. The van der Waals surface area contributed by atoms with Crippen molar-refractivity contribution in [1.29, 1.82) is 0 Å². The quantitative estimate of drug-likeness (QED) is 0.893. The van der Waals surface area contributed by atoms with Gasteiger partial charge in [-0.05, 0) is 54.4 Å². The van der Waals surface area contributed by atoms with Gasteiger partial charge in [-0.15, -0.1) is 0 Å². The molecular weight excluding hydrogens is 362 g/mol. The molecule has 4 nitrogen and oxygen atoms in total. The van der Waals surface area contributed by atoms with Gasteiger partial charge in [0, 0.05) is 0 Å². The summed E-state index contributed by atoms with van der Waals surface area (Å²) in [7, 11) is -3.57. The van der Waals surface area contributed by atoms with Crippen LogP contribution in [0.25, 0.3) is 0 Å². The van der Waals surface area contributed by atoms with Crippen LogP contribution in [-0.4, -0.2) is 18.5 Å². The van der Waals surface area contributed by atoms with E-state index >= 15 is 0 Å². The Morgan fingerprint density at radius 3 is 2.20 bits per heavy atom. The highest BCUT2D eigenvalue weighted by Crippen LogP contribution is 2.32. The lowest BCUT2D eigenvalue weighted by Crippen LogP contribution is -2.15. The number of benzene rings is 1. The van der Waals surface area contributed by atoms with E-state index in [0.29, 0.717) is 15.2 Å². The van der Waals surface area contributed by atoms with Gasteiger partial charge in [-0.25, -0.2) is 13.4 Å². The molecule has 1 aromatic heterocycles. The van der Waals surface area contributed by atoms with E-state index in [1.54, 1.807) is 32.9 Å². The molecule has 0 aliphatic heterocycles. The van der Waals surface area contributed by atoms with Crippen LogP contribution in [0.3, 0.4) is 0 Å². The molecule has 0 bridgehead atoms. The third kappa shape index (κ3) is 2.95. The lowest BCUT2D eigenvalue weighted by atomic mass is 9.99. The van der Waals surface area contributed by atoms with Crippen molar-refractivity contribution in [1.82, 2.24) is 4.98 Å². The lowest BCUT2D eigenvalue weighted by Gasteiger charge is -2.17. The molecule has 0 radical (unpaired) electrons. The minimum absolute atomic E-state index is 0.199. The summed E-state index contributed by atoms with van der Waals surface area (Å²) in [4.78, 5) is 4.27. The maximum Gasteiger partial charge on any atom is 0.217 e. The van der Waals surface area contributed by atoms with Gasteiger partial charge in [0.1, 0.15) is 4.21 Å². The van der Waals surface area contributed by atoms with Crippen LogP contribution in [-0.2, 0) is 15.4 Å². The molecule has 1 N–H and O–H groups in total. The summed E-state index contributed by atoms with van der Waals surface area (Å²) in [5, 5.41) is 9.88. The van der Waals surface area contributed by atoms with Crippen molar-refractivity contribution < 1.29 is 13.5 Å². The van der Waals surface area contributed by atoms with E-state index in [9.17, 15) is 13.5 Å². The molecule has 0 atom stereocenters. The third-order valence-electron chi connectivity index (χ3n) is 2.84. The van der Waals surface area contributed by atoms with Crippen LogP contribution in [0, 0.1) is 6.92 Å². The number of hydrogen-bond donors (Lipinski definition) is 1. The zero-order chi connectivity index (χ0) is 15.1. The highest BCUT2D eigenvalue weighted by atomic mass is 79.9. The Labute approximate surface area is 130 Å². The van der Waals surface area contributed by atoms with E-state index in [-0.39, 0.29) is 9.10 Å². The van der Waals surface area contributed by atoms with Gasteiger partial charge in [-0.3, -0.25) is 0 Å². The minimum atomic E-state index is -3.57. The Morgan fingerprint density at radius 1 is 1.25 bits per heavy atom. The van der Waals surface area contributed by atoms with Gasteiger partial charge in [0.15, 0.2) is 3.92 Å².